The van der Waals surface area contributed by atoms with E-state index in [0.717, 1.165) is 6.07 Å². The SMILES string of the molecule is O=C(O)C(NC(=O)C(F)(F)F)c1ccc(F)c(F)c1. The Morgan fingerprint density at radius 3 is 2.16 bits per heavy atom. The zero-order chi connectivity index (χ0) is 14.8. The first-order valence-electron chi connectivity index (χ1n) is 4.68. The van der Waals surface area contributed by atoms with Gasteiger partial charge in [0.1, 0.15) is 0 Å². The number of carboxylic acids is 1. The van der Waals surface area contributed by atoms with Gasteiger partial charge in [-0.2, -0.15) is 13.2 Å². The number of carbonyl (C=O) groups is 2. The standard InChI is InChI=1S/C10H6F5NO3/c11-5-2-1-4(3-6(5)12)7(8(17)18)16-9(19)10(13,14)15/h1-3,7H,(H,16,19)(H,17,18). The van der Waals surface area contributed by atoms with Crippen LogP contribution in [0.2, 0.25) is 0 Å². The average molecular weight is 283 g/mol. The predicted molar refractivity (Wildman–Crippen MR) is 50.9 cm³/mol. The number of rotatable bonds is 3. The summed E-state index contributed by atoms with van der Waals surface area (Å²) in [6, 6.07) is -0.442. The molecule has 0 aliphatic carbocycles. The summed E-state index contributed by atoms with van der Waals surface area (Å²) in [5.41, 5.74) is -0.524. The Morgan fingerprint density at radius 1 is 1.16 bits per heavy atom. The van der Waals surface area contributed by atoms with E-state index < -0.39 is 41.3 Å². The van der Waals surface area contributed by atoms with Crippen LogP contribution < -0.4 is 5.32 Å². The Bertz CT molecular complexity index is 514. The Balaban J connectivity index is 3.05. The van der Waals surface area contributed by atoms with Crippen LogP contribution >= 0.6 is 0 Å². The lowest BCUT2D eigenvalue weighted by atomic mass is 10.1. The number of amides is 1. The van der Waals surface area contributed by atoms with Crippen molar-refractivity contribution in [1.82, 2.24) is 5.32 Å². The zero-order valence-electron chi connectivity index (χ0n) is 8.96. The topological polar surface area (TPSA) is 66.4 Å². The first kappa shape index (κ1) is 14.9. The molecule has 104 valence electrons. The first-order valence-corrected chi connectivity index (χ1v) is 4.68. The fourth-order valence-electron chi connectivity index (χ4n) is 1.19. The monoisotopic (exact) mass is 283 g/mol. The molecular formula is C10H6F5NO3. The third-order valence-corrected chi connectivity index (χ3v) is 2.06. The molecule has 0 spiro atoms. The summed E-state index contributed by atoms with van der Waals surface area (Å²) < 4.78 is 61.5. The van der Waals surface area contributed by atoms with Gasteiger partial charge in [0.15, 0.2) is 17.7 Å². The highest BCUT2D eigenvalue weighted by Gasteiger charge is 2.41. The molecule has 0 aliphatic heterocycles. The lowest BCUT2D eigenvalue weighted by Gasteiger charge is -2.16. The van der Waals surface area contributed by atoms with Crippen LogP contribution in [0.4, 0.5) is 22.0 Å². The molecule has 1 rings (SSSR count). The molecule has 0 saturated heterocycles. The van der Waals surface area contributed by atoms with E-state index in [9.17, 15) is 31.5 Å². The fraction of sp³-hybridized carbons (Fsp3) is 0.200. The molecule has 0 saturated carbocycles. The van der Waals surface area contributed by atoms with Crippen molar-refractivity contribution in [1.29, 1.82) is 0 Å². The smallest absolute Gasteiger partial charge is 0.471 e. The van der Waals surface area contributed by atoms with Gasteiger partial charge in [0.25, 0.3) is 0 Å². The third-order valence-electron chi connectivity index (χ3n) is 2.06. The molecule has 2 N–H and O–H groups in total. The molecular weight excluding hydrogens is 277 g/mol. The summed E-state index contributed by atoms with van der Waals surface area (Å²) in [4.78, 5) is 21.4. The Labute approximate surface area is 102 Å². The molecule has 0 aromatic heterocycles. The molecule has 0 aliphatic rings. The van der Waals surface area contributed by atoms with Crippen LogP contribution in [0, 0.1) is 11.6 Å². The van der Waals surface area contributed by atoms with Crippen LogP contribution in [-0.2, 0) is 9.59 Å². The van der Waals surface area contributed by atoms with Crippen LogP contribution in [0.5, 0.6) is 0 Å². The zero-order valence-corrected chi connectivity index (χ0v) is 8.96. The van der Waals surface area contributed by atoms with Gasteiger partial charge < -0.3 is 10.4 Å². The van der Waals surface area contributed by atoms with Crippen LogP contribution in [0.25, 0.3) is 0 Å². The summed E-state index contributed by atoms with van der Waals surface area (Å²) in [5, 5.41) is 9.87. The molecule has 0 fully saturated rings. The average Bonchev–Trinajstić information content (AvgIpc) is 2.27. The number of alkyl halides is 3. The van der Waals surface area contributed by atoms with E-state index in [-0.39, 0.29) is 0 Å². The van der Waals surface area contributed by atoms with E-state index in [2.05, 4.69) is 0 Å². The van der Waals surface area contributed by atoms with Gasteiger partial charge in [0, 0.05) is 0 Å². The molecule has 1 aromatic rings. The van der Waals surface area contributed by atoms with Crippen molar-refractivity contribution < 1.29 is 36.6 Å². The maximum atomic E-state index is 12.9. The second-order valence-electron chi connectivity index (χ2n) is 3.42. The lowest BCUT2D eigenvalue weighted by molar-refractivity contribution is -0.175. The molecule has 1 atom stereocenters. The highest BCUT2D eigenvalue weighted by molar-refractivity contribution is 5.87. The number of carboxylic acid groups (broad SMARTS) is 1. The quantitative estimate of drug-likeness (QED) is 0.831. The number of hydrogen-bond acceptors (Lipinski definition) is 2. The number of carbonyl (C=O) groups excluding carboxylic acids is 1. The Hall–Kier alpha value is -2.19. The van der Waals surface area contributed by atoms with Gasteiger partial charge in [-0.25, -0.2) is 13.6 Å². The first-order chi connectivity index (χ1) is 8.62. The van der Waals surface area contributed by atoms with Crippen molar-refractivity contribution in [2.45, 2.75) is 12.2 Å². The van der Waals surface area contributed by atoms with Crippen LogP contribution in [0.1, 0.15) is 11.6 Å². The molecule has 4 nitrogen and oxygen atoms in total. The van der Waals surface area contributed by atoms with Gasteiger partial charge in [-0.15, -0.1) is 0 Å². The minimum absolute atomic E-state index is 0.394. The summed E-state index contributed by atoms with van der Waals surface area (Å²) in [5.74, 6) is -7.08. The van der Waals surface area contributed by atoms with Crippen LogP contribution in [0.3, 0.4) is 0 Å². The van der Waals surface area contributed by atoms with Gasteiger partial charge in [-0.1, -0.05) is 6.07 Å². The molecule has 9 heteroatoms. The summed E-state index contributed by atoms with van der Waals surface area (Å²) in [6.45, 7) is 0. The molecule has 1 aromatic carbocycles. The molecule has 1 unspecified atom stereocenters. The normalized spacial score (nSPS) is 12.9. The molecule has 19 heavy (non-hydrogen) atoms. The fourth-order valence-corrected chi connectivity index (χ4v) is 1.19. The Morgan fingerprint density at radius 2 is 1.74 bits per heavy atom. The maximum Gasteiger partial charge on any atom is 0.471 e. The second kappa shape index (κ2) is 5.21. The molecule has 0 radical (unpaired) electrons. The lowest BCUT2D eigenvalue weighted by Crippen LogP contribution is -2.41. The van der Waals surface area contributed by atoms with Crippen molar-refractivity contribution in [3.8, 4) is 0 Å². The number of halogens is 5. The van der Waals surface area contributed by atoms with Crippen LogP contribution in [-0.4, -0.2) is 23.2 Å². The van der Waals surface area contributed by atoms with Crippen molar-refractivity contribution >= 4 is 11.9 Å². The number of hydrogen-bond donors (Lipinski definition) is 2. The highest BCUT2D eigenvalue weighted by Crippen LogP contribution is 2.20. The van der Waals surface area contributed by atoms with E-state index in [1.165, 1.54) is 5.32 Å². The minimum atomic E-state index is -5.29. The highest BCUT2D eigenvalue weighted by atomic mass is 19.4. The van der Waals surface area contributed by atoms with Gasteiger partial charge in [-0.05, 0) is 17.7 Å². The van der Waals surface area contributed by atoms with Gasteiger partial charge in [0.05, 0.1) is 0 Å². The summed E-state index contributed by atoms with van der Waals surface area (Å²) in [6.07, 6.45) is -5.29. The van der Waals surface area contributed by atoms with Crippen LogP contribution in [0.15, 0.2) is 18.2 Å². The van der Waals surface area contributed by atoms with Gasteiger partial charge >= 0.3 is 18.1 Å². The van der Waals surface area contributed by atoms with Gasteiger partial charge in [0.2, 0.25) is 0 Å². The number of nitrogens with one attached hydrogen (secondary N) is 1. The Kier molecular flexibility index (Phi) is 4.07. The van der Waals surface area contributed by atoms with E-state index in [1.54, 1.807) is 0 Å². The van der Waals surface area contributed by atoms with Crippen molar-refractivity contribution in [3.05, 3.63) is 35.4 Å². The third kappa shape index (κ3) is 3.63. The summed E-state index contributed by atoms with van der Waals surface area (Å²) in [7, 11) is 0. The van der Waals surface area contributed by atoms with Crippen molar-refractivity contribution in [2.75, 3.05) is 0 Å². The van der Waals surface area contributed by atoms with E-state index in [0.29, 0.717) is 12.1 Å². The molecule has 0 bridgehead atoms. The van der Waals surface area contributed by atoms with E-state index in [4.69, 9.17) is 5.11 Å². The minimum Gasteiger partial charge on any atom is -0.479 e. The number of benzene rings is 1. The van der Waals surface area contributed by atoms with E-state index in [1.807, 2.05) is 0 Å². The van der Waals surface area contributed by atoms with Crippen molar-refractivity contribution in [3.63, 3.8) is 0 Å². The van der Waals surface area contributed by atoms with E-state index >= 15 is 0 Å². The van der Waals surface area contributed by atoms with Gasteiger partial charge in [-0.3, -0.25) is 4.79 Å². The largest absolute Gasteiger partial charge is 0.479 e. The molecule has 0 heterocycles. The number of aliphatic carboxylic acids is 1. The molecule has 1 amide bonds. The predicted octanol–water partition coefficient (Wildman–Crippen LogP) is 1.77. The second-order valence-corrected chi connectivity index (χ2v) is 3.42. The van der Waals surface area contributed by atoms with Crippen molar-refractivity contribution in [2.24, 2.45) is 0 Å². The maximum absolute atomic E-state index is 12.9. The summed E-state index contributed by atoms with van der Waals surface area (Å²) >= 11 is 0.